The van der Waals surface area contributed by atoms with Gasteiger partial charge in [0.05, 0.1) is 29.7 Å². The van der Waals surface area contributed by atoms with E-state index in [2.05, 4.69) is 10.3 Å². The van der Waals surface area contributed by atoms with Gasteiger partial charge in [0.15, 0.2) is 5.82 Å². The number of pyridine rings is 2. The summed E-state index contributed by atoms with van der Waals surface area (Å²) < 4.78 is 13.5. The normalized spacial score (nSPS) is 15.4. The molecule has 0 spiro atoms. The predicted octanol–water partition coefficient (Wildman–Crippen LogP) is 2.46. The summed E-state index contributed by atoms with van der Waals surface area (Å²) >= 11 is 0. The molecule has 4 rings (SSSR count). The fraction of sp³-hybridized carbons (Fsp3) is 0.320. The molecule has 0 bridgehead atoms. The summed E-state index contributed by atoms with van der Waals surface area (Å²) in [6.45, 7) is 2.31. The molecule has 3 aromatic rings. The third-order valence-electron chi connectivity index (χ3n) is 5.78. The molecule has 0 saturated carbocycles. The van der Waals surface area contributed by atoms with Crippen molar-refractivity contribution in [3.8, 4) is 0 Å². The van der Waals surface area contributed by atoms with Crippen LogP contribution < -0.4 is 20.9 Å². The molecule has 34 heavy (non-hydrogen) atoms. The molecule has 3 heterocycles. The van der Waals surface area contributed by atoms with Crippen LogP contribution in [0.15, 0.2) is 54.6 Å². The van der Waals surface area contributed by atoms with E-state index in [9.17, 15) is 14.3 Å². The zero-order valence-electron chi connectivity index (χ0n) is 18.9. The Labute approximate surface area is 198 Å². The number of β-amino-alcohol motifs (C(OH)–C–C–N with tert-alkyl or cyclic N) is 1. The molecular weight excluding hydrogens is 435 g/mol. The van der Waals surface area contributed by atoms with E-state index in [4.69, 9.17) is 10.7 Å². The number of nitrogens with one attached hydrogen (secondary N) is 1. The minimum atomic E-state index is -0.377. The Morgan fingerprint density at radius 3 is 2.74 bits per heavy atom. The Kier molecular flexibility index (Phi) is 7.66. The van der Waals surface area contributed by atoms with Gasteiger partial charge in [-0.2, -0.15) is 0 Å². The number of benzene rings is 1. The number of aliphatic hydroxyl groups excluding tert-OH is 1. The van der Waals surface area contributed by atoms with E-state index in [1.165, 1.54) is 12.1 Å². The van der Waals surface area contributed by atoms with Gasteiger partial charge >= 0.3 is 0 Å². The smallest absolute Gasteiger partial charge is 0.214 e. The van der Waals surface area contributed by atoms with Gasteiger partial charge in [0.25, 0.3) is 0 Å². The Morgan fingerprint density at radius 2 is 2.00 bits per heavy atom. The van der Waals surface area contributed by atoms with Gasteiger partial charge in [-0.25, -0.2) is 9.37 Å². The minimum Gasteiger partial charge on any atom is -0.391 e. The standard InChI is InChI=1S/C25H29FN6O2/c26-19-4-1-3-18(13-19)9-11-28-25-23(7-8-24(30-25)31-12-10-22(34)16-31)32(17-33)15-21-6-2-5-20(14-27)29-21/h1-8,13,17,22,34H,9-12,14-16,27H2,(H,28,30)/t22-/m1/s1. The third-order valence-corrected chi connectivity index (χ3v) is 5.78. The zero-order chi connectivity index (χ0) is 23.9. The first-order chi connectivity index (χ1) is 16.6. The number of rotatable bonds is 10. The van der Waals surface area contributed by atoms with Crippen molar-refractivity contribution < 1.29 is 14.3 Å². The molecule has 1 fully saturated rings. The Hall–Kier alpha value is -3.56. The lowest BCUT2D eigenvalue weighted by Gasteiger charge is -2.24. The molecule has 0 unspecified atom stereocenters. The van der Waals surface area contributed by atoms with Crippen LogP contribution in [-0.4, -0.2) is 47.2 Å². The fourth-order valence-corrected chi connectivity index (χ4v) is 4.03. The van der Waals surface area contributed by atoms with Crippen molar-refractivity contribution in [3.05, 3.63) is 77.4 Å². The van der Waals surface area contributed by atoms with Gasteiger partial charge in [-0.1, -0.05) is 18.2 Å². The molecule has 9 heteroatoms. The molecule has 1 aliphatic heterocycles. The number of carbonyl (C=O) groups excluding carboxylic acids is 1. The summed E-state index contributed by atoms with van der Waals surface area (Å²) in [5, 5.41) is 13.2. The van der Waals surface area contributed by atoms with E-state index in [-0.39, 0.29) is 18.5 Å². The summed E-state index contributed by atoms with van der Waals surface area (Å²) in [6.07, 6.45) is 1.66. The highest BCUT2D eigenvalue weighted by atomic mass is 19.1. The summed E-state index contributed by atoms with van der Waals surface area (Å²) in [4.78, 5) is 24.9. The molecule has 4 N–H and O–H groups in total. The highest BCUT2D eigenvalue weighted by molar-refractivity contribution is 5.82. The fourth-order valence-electron chi connectivity index (χ4n) is 4.03. The number of hydrogen-bond acceptors (Lipinski definition) is 7. The van der Waals surface area contributed by atoms with Crippen molar-refractivity contribution in [3.63, 3.8) is 0 Å². The molecule has 2 aromatic heterocycles. The van der Waals surface area contributed by atoms with Crippen LogP contribution in [0.5, 0.6) is 0 Å². The van der Waals surface area contributed by atoms with Crippen molar-refractivity contribution in [1.82, 2.24) is 9.97 Å². The first-order valence-corrected chi connectivity index (χ1v) is 11.3. The molecule has 1 amide bonds. The van der Waals surface area contributed by atoms with Crippen molar-refractivity contribution >= 4 is 23.7 Å². The Bertz CT molecular complexity index is 1130. The lowest BCUT2D eigenvalue weighted by atomic mass is 10.1. The maximum absolute atomic E-state index is 13.5. The highest BCUT2D eigenvalue weighted by Gasteiger charge is 2.23. The Morgan fingerprint density at radius 1 is 1.18 bits per heavy atom. The van der Waals surface area contributed by atoms with E-state index in [1.54, 1.807) is 11.0 Å². The second-order valence-corrected chi connectivity index (χ2v) is 8.29. The first-order valence-electron chi connectivity index (χ1n) is 11.3. The molecule has 0 aliphatic carbocycles. The van der Waals surface area contributed by atoms with Crippen LogP contribution in [0.3, 0.4) is 0 Å². The molecule has 0 radical (unpaired) electrons. The van der Waals surface area contributed by atoms with Crippen LogP contribution in [0, 0.1) is 5.82 Å². The van der Waals surface area contributed by atoms with Gasteiger partial charge < -0.3 is 26.0 Å². The number of nitrogens with two attached hydrogens (primary N) is 1. The molecule has 1 atom stereocenters. The number of halogens is 1. The van der Waals surface area contributed by atoms with Crippen LogP contribution in [0.1, 0.15) is 23.4 Å². The Balaban J connectivity index is 1.57. The van der Waals surface area contributed by atoms with Crippen LogP contribution in [0.4, 0.5) is 21.7 Å². The number of nitrogens with zero attached hydrogens (tertiary/aromatic N) is 4. The molecule has 178 valence electrons. The highest BCUT2D eigenvalue weighted by Crippen LogP contribution is 2.29. The number of aliphatic hydroxyl groups is 1. The summed E-state index contributed by atoms with van der Waals surface area (Å²) in [5.74, 6) is 0.991. The SMILES string of the molecule is NCc1cccc(CN(C=O)c2ccc(N3CC[C@@H](O)C3)nc2NCCc2cccc(F)c2)n1. The van der Waals surface area contributed by atoms with Crippen molar-refractivity contribution in [1.29, 1.82) is 0 Å². The molecule has 8 nitrogen and oxygen atoms in total. The predicted molar refractivity (Wildman–Crippen MR) is 130 cm³/mol. The summed E-state index contributed by atoms with van der Waals surface area (Å²) in [7, 11) is 0. The van der Waals surface area contributed by atoms with Crippen LogP contribution in [-0.2, 0) is 24.3 Å². The molecule has 1 aliphatic rings. The van der Waals surface area contributed by atoms with Crippen molar-refractivity contribution in [2.75, 3.05) is 34.8 Å². The van der Waals surface area contributed by atoms with E-state index in [1.807, 2.05) is 41.3 Å². The third kappa shape index (κ3) is 5.86. The molecular formula is C25H29FN6O2. The number of amides is 1. The van der Waals surface area contributed by atoms with E-state index in [0.717, 1.165) is 23.5 Å². The number of hydrogen-bond donors (Lipinski definition) is 3. The van der Waals surface area contributed by atoms with E-state index < -0.39 is 0 Å². The number of aromatic nitrogens is 2. The zero-order valence-corrected chi connectivity index (χ0v) is 18.9. The number of anilines is 3. The van der Waals surface area contributed by atoms with Crippen LogP contribution in [0.2, 0.25) is 0 Å². The van der Waals surface area contributed by atoms with Gasteiger partial charge in [-0.3, -0.25) is 9.78 Å². The van der Waals surface area contributed by atoms with Gasteiger partial charge in [-0.15, -0.1) is 0 Å². The van der Waals surface area contributed by atoms with Gasteiger partial charge in [0.2, 0.25) is 6.41 Å². The maximum Gasteiger partial charge on any atom is 0.214 e. The molecule has 1 aromatic carbocycles. The monoisotopic (exact) mass is 464 g/mol. The van der Waals surface area contributed by atoms with Crippen LogP contribution >= 0.6 is 0 Å². The largest absolute Gasteiger partial charge is 0.391 e. The summed E-state index contributed by atoms with van der Waals surface area (Å²) in [6, 6.07) is 15.7. The quantitative estimate of drug-likeness (QED) is 0.396. The summed E-state index contributed by atoms with van der Waals surface area (Å²) in [5.41, 5.74) is 8.64. The van der Waals surface area contributed by atoms with E-state index in [0.29, 0.717) is 56.2 Å². The first kappa shape index (κ1) is 23.6. The second-order valence-electron chi connectivity index (χ2n) is 8.29. The van der Waals surface area contributed by atoms with Gasteiger partial charge in [0.1, 0.15) is 11.6 Å². The average molecular weight is 465 g/mol. The molecule has 1 saturated heterocycles. The van der Waals surface area contributed by atoms with E-state index >= 15 is 0 Å². The van der Waals surface area contributed by atoms with Crippen molar-refractivity contribution in [2.24, 2.45) is 5.73 Å². The van der Waals surface area contributed by atoms with Crippen molar-refractivity contribution in [2.45, 2.75) is 32.0 Å². The minimum absolute atomic E-state index is 0.263. The lowest BCUT2D eigenvalue weighted by Crippen LogP contribution is -2.26. The van der Waals surface area contributed by atoms with Gasteiger partial charge in [-0.05, 0) is 54.8 Å². The second kappa shape index (κ2) is 11.0. The maximum atomic E-state index is 13.5. The van der Waals surface area contributed by atoms with Gasteiger partial charge in [0, 0.05) is 26.2 Å². The topological polar surface area (TPSA) is 108 Å². The van der Waals surface area contributed by atoms with Crippen LogP contribution in [0.25, 0.3) is 0 Å². The lowest BCUT2D eigenvalue weighted by molar-refractivity contribution is -0.107. The average Bonchev–Trinajstić information content (AvgIpc) is 3.29. The number of carbonyl (C=O) groups is 1.